The van der Waals surface area contributed by atoms with E-state index >= 15 is 0 Å². The van der Waals surface area contributed by atoms with Crippen LogP contribution in [-0.2, 0) is 4.79 Å². The fraction of sp³-hybridized carbons (Fsp3) is 0.0417. The number of hydrogen-bond acceptors (Lipinski definition) is 6. The molecule has 0 fully saturated rings. The van der Waals surface area contributed by atoms with Crippen LogP contribution in [0.1, 0.15) is 27.1 Å². The lowest BCUT2D eigenvalue weighted by atomic mass is 9.93. The van der Waals surface area contributed by atoms with Crippen LogP contribution in [0.3, 0.4) is 0 Å². The maximum absolute atomic E-state index is 13.2. The van der Waals surface area contributed by atoms with Gasteiger partial charge in [0, 0.05) is 23.1 Å². The Bertz CT molecular complexity index is 1400. The van der Waals surface area contributed by atoms with Crippen LogP contribution < -0.4 is 9.64 Å². The summed E-state index contributed by atoms with van der Waals surface area (Å²) in [5.41, 5.74) is 0.850. The normalized spacial score (nSPS) is 14.6. The number of anilines is 1. The smallest absolute Gasteiger partial charge is 0.343 e. The molecule has 0 saturated heterocycles. The fourth-order valence-electron chi connectivity index (χ4n) is 3.87. The van der Waals surface area contributed by atoms with Crippen molar-refractivity contribution in [2.45, 2.75) is 6.42 Å². The number of allylic oxidation sites excluding steroid dienone is 2. The summed E-state index contributed by atoms with van der Waals surface area (Å²) in [5, 5.41) is 12.2. The third-order valence-electron chi connectivity index (χ3n) is 5.35. The lowest BCUT2D eigenvalue weighted by molar-refractivity contribution is -0.384. The molecule has 0 atom stereocenters. The van der Waals surface area contributed by atoms with Crippen molar-refractivity contribution < 1.29 is 24.0 Å². The van der Waals surface area contributed by atoms with Gasteiger partial charge in [-0.1, -0.05) is 30.4 Å². The van der Waals surface area contributed by atoms with Crippen LogP contribution in [-0.4, -0.2) is 22.7 Å². The van der Waals surface area contributed by atoms with Gasteiger partial charge in [-0.3, -0.25) is 19.7 Å². The Hall–Kier alpha value is -4.59. The SMILES string of the molecule is O=C(Oc1ccc(N2C(=O)c3cccc4cc([N+](=O)[O-])cc(c34)C2=O)cc1)C1=CCC=C1. The Labute approximate surface area is 181 Å². The van der Waals surface area contributed by atoms with E-state index in [-0.39, 0.29) is 28.3 Å². The minimum Gasteiger partial charge on any atom is -0.423 e. The van der Waals surface area contributed by atoms with Crippen LogP contribution in [0, 0.1) is 10.1 Å². The molecule has 0 N–H and O–H groups in total. The van der Waals surface area contributed by atoms with E-state index in [1.54, 1.807) is 30.4 Å². The summed E-state index contributed by atoms with van der Waals surface area (Å²) >= 11 is 0. The predicted molar refractivity (Wildman–Crippen MR) is 116 cm³/mol. The Morgan fingerprint density at radius 3 is 2.44 bits per heavy atom. The molecule has 8 heteroatoms. The van der Waals surface area contributed by atoms with Crippen LogP contribution in [0.25, 0.3) is 10.8 Å². The van der Waals surface area contributed by atoms with Crippen LogP contribution in [0.4, 0.5) is 11.4 Å². The zero-order valence-electron chi connectivity index (χ0n) is 16.5. The van der Waals surface area contributed by atoms with Gasteiger partial charge in [-0.2, -0.15) is 0 Å². The van der Waals surface area contributed by atoms with E-state index in [2.05, 4.69) is 0 Å². The molecule has 0 spiro atoms. The minimum atomic E-state index is -0.659. The maximum Gasteiger partial charge on any atom is 0.343 e. The monoisotopic (exact) mass is 426 g/mol. The molecule has 8 nitrogen and oxygen atoms in total. The van der Waals surface area contributed by atoms with E-state index in [1.807, 2.05) is 6.08 Å². The molecule has 0 unspecified atom stereocenters. The molecule has 0 radical (unpaired) electrons. The Kier molecular flexibility index (Phi) is 4.41. The number of benzene rings is 3. The molecule has 1 aliphatic heterocycles. The second-order valence-electron chi connectivity index (χ2n) is 7.28. The van der Waals surface area contributed by atoms with Crippen molar-refractivity contribution >= 4 is 39.9 Å². The molecule has 2 amide bonds. The van der Waals surface area contributed by atoms with Gasteiger partial charge in [0.1, 0.15) is 5.75 Å². The van der Waals surface area contributed by atoms with Crippen LogP contribution in [0.15, 0.2) is 78.4 Å². The molecule has 1 aliphatic carbocycles. The zero-order chi connectivity index (χ0) is 22.4. The van der Waals surface area contributed by atoms with E-state index in [1.165, 1.54) is 36.4 Å². The molecular formula is C24H14N2O6. The molecule has 3 aromatic carbocycles. The van der Waals surface area contributed by atoms with E-state index in [0.29, 0.717) is 22.8 Å². The lowest BCUT2D eigenvalue weighted by Crippen LogP contribution is -2.40. The molecule has 0 bridgehead atoms. The van der Waals surface area contributed by atoms with E-state index in [4.69, 9.17) is 4.74 Å². The number of amides is 2. The number of ether oxygens (including phenoxy) is 1. The van der Waals surface area contributed by atoms with Crippen molar-refractivity contribution in [3.8, 4) is 5.75 Å². The first-order valence-corrected chi connectivity index (χ1v) is 9.73. The van der Waals surface area contributed by atoms with Crippen molar-refractivity contribution in [2.75, 3.05) is 4.90 Å². The predicted octanol–water partition coefficient (Wildman–Crippen LogP) is 4.34. The average Bonchev–Trinajstić information content (AvgIpc) is 3.33. The number of nitro benzene ring substituents is 1. The molecule has 0 aromatic heterocycles. The number of esters is 1. The standard InChI is InChI=1S/C24H14N2O6/c27-22-19-7-3-6-15-12-17(26(30)31)13-20(21(15)19)23(28)25(22)16-8-10-18(11-9-16)32-24(29)14-4-1-2-5-14/h1,3-13H,2H2. The number of rotatable bonds is 4. The number of carbonyl (C=O) groups is 3. The third kappa shape index (κ3) is 3.05. The average molecular weight is 426 g/mol. The van der Waals surface area contributed by atoms with Gasteiger partial charge in [0.25, 0.3) is 17.5 Å². The largest absolute Gasteiger partial charge is 0.423 e. The van der Waals surface area contributed by atoms with Gasteiger partial charge in [0.05, 0.1) is 21.7 Å². The van der Waals surface area contributed by atoms with Gasteiger partial charge in [-0.05, 0) is 42.1 Å². The van der Waals surface area contributed by atoms with Crippen LogP contribution in [0.5, 0.6) is 5.75 Å². The fourth-order valence-corrected chi connectivity index (χ4v) is 3.87. The first-order chi connectivity index (χ1) is 15.4. The molecule has 3 aromatic rings. The highest BCUT2D eigenvalue weighted by atomic mass is 16.6. The van der Waals surface area contributed by atoms with Crippen molar-refractivity contribution in [3.05, 3.63) is 99.6 Å². The Morgan fingerprint density at radius 2 is 1.75 bits per heavy atom. The summed E-state index contributed by atoms with van der Waals surface area (Å²) in [6, 6.07) is 13.3. The molecule has 2 aliphatic rings. The maximum atomic E-state index is 13.2. The van der Waals surface area contributed by atoms with Crippen LogP contribution in [0.2, 0.25) is 0 Å². The summed E-state index contributed by atoms with van der Waals surface area (Å²) < 4.78 is 5.32. The van der Waals surface area contributed by atoms with E-state index in [9.17, 15) is 24.5 Å². The highest BCUT2D eigenvalue weighted by Crippen LogP contribution is 2.35. The highest BCUT2D eigenvalue weighted by Gasteiger charge is 2.35. The topological polar surface area (TPSA) is 107 Å². The van der Waals surface area contributed by atoms with Crippen LogP contribution >= 0.6 is 0 Å². The summed E-state index contributed by atoms with van der Waals surface area (Å²) in [6.07, 6.45) is 5.95. The third-order valence-corrected chi connectivity index (χ3v) is 5.35. The molecule has 32 heavy (non-hydrogen) atoms. The van der Waals surface area contributed by atoms with Gasteiger partial charge < -0.3 is 4.74 Å². The number of non-ortho nitro benzene ring substituents is 1. The summed E-state index contributed by atoms with van der Waals surface area (Å²) in [5.74, 6) is -1.43. The zero-order valence-corrected chi connectivity index (χ0v) is 16.5. The Balaban J connectivity index is 1.51. The molecule has 1 heterocycles. The molecular weight excluding hydrogens is 412 g/mol. The second kappa shape index (κ2) is 7.28. The van der Waals surface area contributed by atoms with Crippen molar-refractivity contribution in [1.82, 2.24) is 0 Å². The van der Waals surface area contributed by atoms with Gasteiger partial charge in [0.15, 0.2) is 0 Å². The van der Waals surface area contributed by atoms with Gasteiger partial charge in [0.2, 0.25) is 0 Å². The van der Waals surface area contributed by atoms with Crippen molar-refractivity contribution in [2.24, 2.45) is 0 Å². The Morgan fingerprint density at radius 1 is 1.00 bits per heavy atom. The number of imide groups is 1. The van der Waals surface area contributed by atoms with Gasteiger partial charge in [-0.25, -0.2) is 9.69 Å². The number of nitrogens with zero attached hydrogens (tertiary/aromatic N) is 2. The number of carbonyl (C=O) groups excluding carboxylic acids is 3. The molecule has 156 valence electrons. The quantitative estimate of drug-likeness (QED) is 0.202. The van der Waals surface area contributed by atoms with E-state index < -0.39 is 22.7 Å². The minimum absolute atomic E-state index is 0.0832. The van der Waals surface area contributed by atoms with E-state index in [0.717, 1.165) is 4.90 Å². The second-order valence-corrected chi connectivity index (χ2v) is 7.28. The molecule has 0 saturated carbocycles. The lowest BCUT2D eigenvalue weighted by Gasteiger charge is -2.27. The number of hydrogen-bond donors (Lipinski definition) is 0. The summed E-state index contributed by atoms with van der Waals surface area (Å²) in [4.78, 5) is 50.2. The van der Waals surface area contributed by atoms with Crippen molar-refractivity contribution in [1.29, 1.82) is 0 Å². The number of nitro groups is 1. The first-order valence-electron chi connectivity index (χ1n) is 9.73. The highest BCUT2D eigenvalue weighted by molar-refractivity contribution is 6.36. The first kappa shape index (κ1) is 19.4. The molecule has 5 rings (SSSR count). The summed E-state index contributed by atoms with van der Waals surface area (Å²) in [6.45, 7) is 0. The summed E-state index contributed by atoms with van der Waals surface area (Å²) in [7, 11) is 0. The van der Waals surface area contributed by atoms with Gasteiger partial charge in [-0.15, -0.1) is 0 Å². The van der Waals surface area contributed by atoms with Crippen molar-refractivity contribution in [3.63, 3.8) is 0 Å². The van der Waals surface area contributed by atoms with Gasteiger partial charge >= 0.3 is 5.97 Å².